The monoisotopic (exact) mass is 388 g/mol. The van der Waals surface area contributed by atoms with E-state index in [0.29, 0.717) is 5.69 Å². The third kappa shape index (κ3) is 4.65. The van der Waals surface area contributed by atoms with Crippen molar-refractivity contribution in [1.82, 2.24) is 4.90 Å². The van der Waals surface area contributed by atoms with Gasteiger partial charge in [-0.15, -0.1) is 0 Å². The number of carbonyl (C=O) groups is 2. The maximum atomic E-state index is 12.7. The maximum absolute atomic E-state index is 12.7. The van der Waals surface area contributed by atoms with E-state index in [4.69, 9.17) is 5.11 Å². The Kier molecular flexibility index (Phi) is 5.18. The fourth-order valence-electron chi connectivity index (χ4n) is 2.70. The van der Waals surface area contributed by atoms with Crippen molar-refractivity contribution in [1.29, 1.82) is 0 Å². The molecule has 0 unspecified atom stereocenters. The van der Waals surface area contributed by atoms with Crippen molar-refractivity contribution < 1.29 is 23.1 Å². The van der Waals surface area contributed by atoms with Crippen molar-refractivity contribution in [2.75, 3.05) is 11.3 Å². The van der Waals surface area contributed by atoms with E-state index in [1.54, 1.807) is 24.3 Å². The predicted octanol–water partition coefficient (Wildman–Crippen LogP) is 2.49. The molecule has 8 heteroatoms. The summed E-state index contributed by atoms with van der Waals surface area (Å²) in [7, 11) is -3.87. The molecule has 0 bridgehead atoms. The van der Waals surface area contributed by atoms with E-state index in [1.165, 1.54) is 29.2 Å². The summed E-state index contributed by atoms with van der Waals surface area (Å²) in [5.41, 5.74) is 1.57. The Bertz CT molecular complexity index is 966. The predicted molar refractivity (Wildman–Crippen MR) is 100 cm³/mol. The zero-order valence-corrected chi connectivity index (χ0v) is 15.6. The molecule has 0 atom stereocenters. The van der Waals surface area contributed by atoms with Crippen molar-refractivity contribution in [2.45, 2.75) is 30.7 Å². The van der Waals surface area contributed by atoms with E-state index in [0.717, 1.165) is 18.4 Å². The summed E-state index contributed by atoms with van der Waals surface area (Å²) in [5, 5.41) is 9.02. The molecule has 2 aromatic carbocycles. The minimum Gasteiger partial charge on any atom is -0.480 e. The molecule has 0 saturated heterocycles. The number of benzene rings is 2. The molecule has 0 radical (unpaired) electrons. The van der Waals surface area contributed by atoms with Gasteiger partial charge < -0.3 is 10.0 Å². The average molecular weight is 388 g/mol. The van der Waals surface area contributed by atoms with Gasteiger partial charge in [0, 0.05) is 17.3 Å². The van der Waals surface area contributed by atoms with Crippen LogP contribution in [-0.2, 0) is 14.8 Å². The fourth-order valence-corrected chi connectivity index (χ4v) is 3.80. The molecule has 1 saturated carbocycles. The smallest absolute Gasteiger partial charge is 0.323 e. The summed E-state index contributed by atoms with van der Waals surface area (Å²) in [6, 6.07) is 12.4. The molecule has 0 spiro atoms. The molecule has 1 aliphatic carbocycles. The number of nitrogens with one attached hydrogen (secondary N) is 1. The number of hydrogen-bond acceptors (Lipinski definition) is 4. The lowest BCUT2D eigenvalue weighted by Gasteiger charge is -2.20. The average Bonchev–Trinajstić information content (AvgIpc) is 3.46. The highest BCUT2D eigenvalue weighted by atomic mass is 32.2. The second-order valence-electron chi connectivity index (χ2n) is 6.56. The molecule has 2 N–H and O–H groups in total. The zero-order chi connectivity index (χ0) is 19.6. The van der Waals surface area contributed by atoms with Crippen LogP contribution in [0.1, 0.15) is 28.8 Å². The van der Waals surface area contributed by atoms with Gasteiger partial charge in [0.25, 0.3) is 15.9 Å². The molecule has 0 aliphatic heterocycles. The van der Waals surface area contributed by atoms with Gasteiger partial charge in [0.05, 0.1) is 4.90 Å². The summed E-state index contributed by atoms with van der Waals surface area (Å²) in [5.74, 6) is -1.58. The van der Waals surface area contributed by atoms with Crippen LogP contribution in [-0.4, -0.2) is 42.9 Å². The van der Waals surface area contributed by atoms with Crippen LogP contribution in [0.5, 0.6) is 0 Å². The molecular formula is C19H20N2O5S. The number of carboxylic acid groups (broad SMARTS) is 1. The van der Waals surface area contributed by atoms with Crippen LogP contribution in [0.3, 0.4) is 0 Å². The number of aliphatic carboxylic acids is 1. The Morgan fingerprint density at radius 1 is 1.15 bits per heavy atom. The van der Waals surface area contributed by atoms with Gasteiger partial charge in [0.1, 0.15) is 6.54 Å². The lowest BCUT2D eigenvalue weighted by molar-refractivity contribution is -0.137. The summed E-state index contributed by atoms with van der Waals surface area (Å²) >= 11 is 0. The zero-order valence-electron chi connectivity index (χ0n) is 14.8. The van der Waals surface area contributed by atoms with Crippen LogP contribution in [0.2, 0.25) is 0 Å². The van der Waals surface area contributed by atoms with E-state index in [9.17, 15) is 18.0 Å². The highest BCUT2D eigenvalue weighted by Crippen LogP contribution is 2.28. The molecule has 142 valence electrons. The van der Waals surface area contributed by atoms with Gasteiger partial charge >= 0.3 is 5.97 Å². The first-order chi connectivity index (χ1) is 12.8. The normalized spacial score (nSPS) is 13.8. The number of hydrogen-bond donors (Lipinski definition) is 2. The first-order valence-electron chi connectivity index (χ1n) is 8.48. The first-order valence-corrected chi connectivity index (χ1v) is 9.97. The van der Waals surface area contributed by atoms with Crippen LogP contribution in [0, 0.1) is 6.92 Å². The second-order valence-corrected chi connectivity index (χ2v) is 8.24. The van der Waals surface area contributed by atoms with Crippen LogP contribution in [0.25, 0.3) is 0 Å². The number of carboxylic acids is 1. The molecule has 1 fully saturated rings. The highest BCUT2D eigenvalue weighted by molar-refractivity contribution is 7.92. The van der Waals surface area contributed by atoms with E-state index >= 15 is 0 Å². The minimum atomic E-state index is -3.87. The number of amides is 1. The minimum absolute atomic E-state index is 0.0556. The van der Waals surface area contributed by atoms with Gasteiger partial charge in [-0.2, -0.15) is 0 Å². The highest BCUT2D eigenvalue weighted by Gasteiger charge is 2.34. The van der Waals surface area contributed by atoms with E-state index in [-0.39, 0.29) is 16.5 Å². The van der Waals surface area contributed by atoms with Crippen molar-refractivity contribution in [3.63, 3.8) is 0 Å². The molecule has 3 rings (SSSR count). The Labute approximate surface area is 157 Å². The summed E-state index contributed by atoms with van der Waals surface area (Å²) in [6.07, 6.45) is 1.51. The molecule has 0 aromatic heterocycles. The number of sulfonamides is 1. The third-order valence-corrected chi connectivity index (χ3v) is 5.63. The summed E-state index contributed by atoms with van der Waals surface area (Å²) in [6.45, 7) is 1.50. The lowest BCUT2D eigenvalue weighted by Crippen LogP contribution is -2.37. The van der Waals surface area contributed by atoms with E-state index < -0.39 is 28.4 Å². The second kappa shape index (κ2) is 7.40. The van der Waals surface area contributed by atoms with E-state index in [2.05, 4.69) is 4.72 Å². The molecule has 1 amide bonds. The van der Waals surface area contributed by atoms with Crippen molar-refractivity contribution in [2.24, 2.45) is 0 Å². The lowest BCUT2D eigenvalue weighted by atomic mass is 10.2. The van der Waals surface area contributed by atoms with Gasteiger partial charge in [0.2, 0.25) is 0 Å². The Balaban J connectivity index is 1.84. The number of carbonyl (C=O) groups excluding carboxylic acids is 1. The molecule has 2 aromatic rings. The molecule has 7 nitrogen and oxygen atoms in total. The van der Waals surface area contributed by atoms with Gasteiger partial charge in [-0.3, -0.25) is 14.3 Å². The number of anilines is 1. The summed E-state index contributed by atoms with van der Waals surface area (Å²) < 4.78 is 27.7. The van der Waals surface area contributed by atoms with Crippen molar-refractivity contribution in [3.05, 3.63) is 59.7 Å². The van der Waals surface area contributed by atoms with Gasteiger partial charge in [-0.1, -0.05) is 23.8 Å². The van der Waals surface area contributed by atoms with Crippen LogP contribution < -0.4 is 4.72 Å². The molecular weight excluding hydrogens is 368 g/mol. The van der Waals surface area contributed by atoms with Gasteiger partial charge in [-0.05, 0) is 50.1 Å². The molecule has 27 heavy (non-hydrogen) atoms. The third-order valence-electron chi connectivity index (χ3n) is 4.25. The topological polar surface area (TPSA) is 104 Å². The SMILES string of the molecule is Cc1ccc(NS(=O)(=O)c2cccc(C(=O)N(CC(=O)O)C3CC3)c2)cc1. The van der Waals surface area contributed by atoms with Gasteiger partial charge in [0.15, 0.2) is 0 Å². The maximum Gasteiger partial charge on any atom is 0.323 e. The number of nitrogens with zero attached hydrogens (tertiary/aromatic N) is 1. The fraction of sp³-hybridized carbons (Fsp3) is 0.263. The van der Waals surface area contributed by atoms with Crippen molar-refractivity contribution >= 4 is 27.6 Å². The van der Waals surface area contributed by atoms with Crippen LogP contribution in [0.4, 0.5) is 5.69 Å². The number of aryl methyl sites for hydroxylation is 1. The van der Waals surface area contributed by atoms with Crippen LogP contribution in [0.15, 0.2) is 53.4 Å². The first kappa shape index (κ1) is 18.9. The largest absolute Gasteiger partial charge is 0.480 e. The standard InChI is InChI=1S/C19H20N2O5S/c1-13-5-7-15(8-6-13)20-27(25,26)17-4-2-3-14(11-17)19(24)21(12-18(22)23)16-9-10-16/h2-8,11,16,20H,9-10,12H2,1H3,(H,22,23). The van der Waals surface area contributed by atoms with Crippen LogP contribution >= 0.6 is 0 Å². The van der Waals surface area contributed by atoms with Crippen molar-refractivity contribution in [3.8, 4) is 0 Å². The van der Waals surface area contributed by atoms with Gasteiger partial charge in [-0.25, -0.2) is 8.42 Å². The molecule has 0 heterocycles. The Morgan fingerprint density at radius 3 is 2.41 bits per heavy atom. The Hall–Kier alpha value is -2.87. The number of rotatable bonds is 7. The quantitative estimate of drug-likeness (QED) is 0.758. The Morgan fingerprint density at radius 2 is 1.81 bits per heavy atom. The molecule has 1 aliphatic rings. The van der Waals surface area contributed by atoms with E-state index in [1.807, 2.05) is 6.92 Å². The summed E-state index contributed by atoms with van der Waals surface area (Å²) in [4.78, 5) is 24.9.